The van der Waals surface area contributed by atoms with Crippen molar-refractivity contribution in [3.63, 3.8) is 0 Å². The summed E-state index contributed by atoms with van der Waals surface area (Å²) in [6.07, 6.45) is 3.27. The molecule has 210 valence electrons. The maximum atomic E-state index is 13.6. The minimum absolute atomic E-state index is 0. The monoisotopic (exact) mass is 548 g/mol. The molecule has 0 spiro atoms. The van der Waals surface area contributed by atoms with Crippen LogP contribution in [-0.2, 0) is 9.59 Å². The Hall–Kier alpha value is -2.85. The first-order valence-corrected chi connectivity index (χ1v) is 13.6. The first-order valence-electron chi connectivity index (χ1n) is 13.6. The molecule has 5 amide bonds. The van der Waals surface area contributed by atoms with E-state index in [4.69, 9.17) is 0 Å². The van der Waals surface area contributed by atoms with Crippen LogP contribution in [0.25, 0.3) is 0 Å². The normalized spacial score (nSPS) is 23.0. The molecule has 0 saturated carbocycles. The molecule has 2 atom stereocenters. The maximum absolute atomic E-state index is 13.6. The van der Waals surface area contributed by atoms with E-state index >= 15 is 0 Å². The smallest absolute Gasteiger partial charge is 0.321 e. The number of urea groups is 1. The van der Waals surface area contributed by atoms with E-state index in [1.165, 1.54) is 0 Å². The van der Waals surface area contributed by atoms with Crippen LogP contribution in [0.3, 0.4) is 0 Å². The predicted octanol–water partition coefficient (Wildman–Crippen LogP) is 1.99. The lowest BCUT2D eigenvalue weighted by molar-refractivity contribution is -0.134. The Morgan fingerprint density at radius 2 is 1.79 bits per heavy atom. The summed E-state index contributed by atoms with van der Waals surface area (Å²) in [6, 6.07) is 6.76. The second kappa shape index (κ2) is 13.8. The fourth-order valence-corrected chi connectivity index (χ4v) is 5.35. The zero-order chi connectivity index (χ0) is 26.4. The molecule has 10 nitrogen and oxygen atoms in total. The number of hydrogen-bond acceptors (Lipinski definition) is 5. The fraction of sp³-hybridized carbons (Fsp3) is 0.630. The van der Waals surface area contributed by atoms with Crippen molar-refractivity contribution in [3.05, 3.63) is 29.8 Å². The number of halogens is 1. The van der Waals surface area contributed by atoms with Gasteiger partial charge in [-0.05, 0) is 49.8 Å². The van der Waals surface area contributed by atoms with Crippen molar-refractivity contribution in [2.24, 2.45) is 5.92 Å². The number of amides is 5. The van der Waals surface area contributed by atoms with Crippen molar-refractivity contribution < 1.29 is 19.2 Å². The lowest BCUT2D eigenvalue weighted by Gasteiger charge is -2.31. The van der Waals surface area contributed by atoms with Crippen LogP contribution in [0, 0.1) is 5.92 Å². The van der Waals surface area contributed by atoms with E-state index in [0.29, 0.717) is 76.3 Å². The van der Waals surface area contributed by atoms with Crippen molar-refractivity contribution >= 4 is 41.8 Å². The van der Waals surface area contributed by atoms with E-state index in [1.807, 2.05) is 35.8 Å². The minimum atomic E-state index is -0.273. The van der Waals surface area contributed by atoms with Gasteiger partial charge >= 0.3 is 6.03 Å². The Bertz CT molecular complexity index is 1010. The molecule has 3 heterocycles. The number of nitrogens with zero attached hydrogens (tertiary/aromatic N) is 3. The van der Waals surface area contributed by atoms with Crippen LogP contribution in [0.15, 0.2) is 24.3 Å². The third-order valence-electron chi connectivity index (χ3n) is 7.30. The molecule has 0 unspecified atom stereocenters. The first-order chi connectivity index (χ1) is 17.8. The molecule has 11 heteroatoms. The summed E-state index contributed by atoms with van der Waals surface area (Å²) in [5.41, 5.74) is 1.25. The minimum Gasteiger partial charge on any atom is -0.355 e. The Kier molecular flexibility index (Phi) is 10.8. The third kappa shape index (κ3) is 7.38. The Morgan fingerprint density at radius 3 is 2.53 bits per heavy atom. The number of benzene rings is 1. The Morgan fingerprint density at radius 1 is 1.00 bits per heavy atom. The highest BCUT2D eigenvalue weighted by atomic mass is 35.5. The SMILES string of the molecule is CC(C)CC(=O)N1CCCN(C(=O)c2cccc(N3CCNC3=O)c2)CCCCNC(=O)[C@@H]2C[C@H]1CN2.Cl. The molecule has 38 heavy (non-hydrogen) atoms. The van der Waals surface area contributed by atoms with Gasteiger partial charge in [0.1, 0.15) is 0 Å². The van der Waals surface area contributed by atoms with Gasteiger partial charge in [-0.1, -0.05) is 19.9 Å². The van der Waals surface area contributed by atoms with Crippen molar-refractivity contribution in [3.8, 4) is 0 Å². The molecule has 0 aliphatic carbocycles. The number of fused-ring (bicyclic) bond motifs is 2. The van der Waals surface area contributed by atoms with Crippen LogP contribution >= 0.6 is 12.4 Å². The van der Waals surface area contributed by atoms with Gasteiger partial charge in [-0.3, -0.25) is 19.3 Å². The molecule has 1 aromatic rings. The third-order valence-corrected chi connectivity index (χ3v) is 7.30. The molecule has 3 aliphatic rings. The average molecular weight is 549 g/mol. The number of anilines is 1. The largest absolute Gasteiger partial charge is 0.355 e. The van der Waals surface area contributed by atoms with Gasteiger partial charge in [-0.15, -0.1) is 12.4 Å². The van der Waals surface area contributed by atoms with E-state index in [2.05, 4.69) is 16.0 Å². The van der Waals surface area contributed by atoms with Crippen molar-refractivity contribution in [2.75, 3.05) is 50.7 Å². The summed E-state index contributed by atoms with van der Waals surface area (Å²) in [4.78, 5) is 56.9. The summed E-state index contributed by atoms with van der Waals surface area (Å²) >= 11 is 0. The fourth-order valence-electron chi connectivity index (χ4n) is 5.35. The maximum Gasteiger partial charge on any atom is 0.321 e. The molecular weight excluding hydrogens is 508 g/mol. The van der Waals surface area contributed by atoms with E-state index in [0.717, 1.165) is 12.8 Å². The van der Waals surface area contributed by atoms with Crippen molar-refractivity contribution in [1.29, 1.82) is 0 Å². The van der Waals surface area contributed by atoms with Gasteiger partial charge in [0.15, 0.2) is 0 Å². The molecule has 1 aromatic carbocycles. The average Bonchev–Trinajstić information content (AvgIpc) is 3.53. The zero-order valence-electron chi connectivity index (χ0n) is 22.4. The number of hydrogen-bond donors (Lipinski definition) is 3. The topological polar surface area (TPSA) is 114 Å². The summed E-state index contributed by atoms with van der Waals surface area (Å²) < 4.78 is 0. The highest BCUT2D eigenvalue weighted by Gasteiger charge is 2.35. The van der Waals surface area contributed by atoms with Gasteiger partial charge in [0, 0.05) is 69.5 Å². The standard InChI is InChI=1S/C27H40N6O4.ClH/c1-19(2)15-24(34)32-13-6-12-31(11-4-3-9-28-25(35)23-17-22(32)18-30-23)26(36)20-7-5-8-21(16-20)33-14-10-29-27(33)37;/h5,7-8,16,19,22-23,30H,3-4,6,9-15,17-18H2,1-2H3,(H,28,35)(H,29,37);1H/t22-,23-;/m0./s1. The molecule has 2 bridgehead atoms. The summed E-state index contributed by atoms with van der Waals surface area (Å²) in [5, 5.41) is 9.09. The first kappa shape index (κ1) is 29.7. The summed E-state index contributed by atoms with van der Waals surface area (Å²) in [6.45, 7) is 8.02. The highest BCUT2D eigenvalue weighted by molar-refractivity contribution is 5.98. The Labute approximate surface area is 231 Å². The highest BCUT2D eigenvalue weighted by Crippen LogP contribution is 2.21. The van der Waals surface area contributed by atoms with E-state index in [-0.39, 0.29) is 54.2 Å². The molecule has 3 N–H and O–H groups in total. The quantitative estimate of drug-likeness (QED) is 0.532. The van der Waals surface area contributed by atoms with Gasteiger partial charge in [-0.25, -0.2) is 4.79 Å². The van der Waals surface area contributed by atoms with E-state index in [1.54, 1.807) is 17.0 Å². The van der Waals surface area contributed by atoms with Gasteiger partial charge in [0.25, 0.3) is 5.91 Å². The van der Waals surface area contributed by atoms with Crippen molar-refractivity contribution in [2.45, 2.75) is 58.0 Å². The van der Waals surface area contributed by atoms with Crippen LogP contribution in [-0.4, -0.2) is 91.4 Å². The zero-order valence-corrected chi connectivity index (χ0v) is 23.2. The van der Waals surface area contributed by atoms with Crippen LogP contribution in [0.2, 0.25) is 0 Å². The van der Waals surface area contributed by atoms with E-state index in [9.17, 15) is 19.2 Å². The summed E-state index contributed by atoms with van der Waals surface area (Å²) in [7, 11) is 0. The molecule has 3 fully saturated rings. The molecule has 3 aliphatic heterocycles. The van der Waals surface area contributed by atoms with E-state index < -0.39 is 0 Å². The van der Waals surface area contributed by atoms with Crippen LogP contribution in [0.4, 0.5) is 10.5 Å². The molecule has 0 radical (unpaired) electrons. The van der Waals surface area contributed by atoms with Gasteiger partial charge in [0.05, 0.1) is 6.04 Å². The number of rotatable bonds is 4. The van der Waals surface area contributed by atoms with Crippen LogP contribution in [0.1, 0.15) is 56.3 Å². The molecule has 0 aromatic heterocycles. The second-order valence-corrected chi connectivity index (χ2v) is 10.6. The van der Waals surface area contributed by atoms with Gasteiger partial charge < -0.3 is 25.8 Å². The number of carbonyl (C=O) groups is 4. The van der Waals surface area contributed by atoms with Crippen LogP contribution in [0.5, 0.6) is 0 Å². The number of carbonyl (C=O) groups excluding carboxylic acids is 4. The Balaban J connectivity index is 0.00000400. The van der Waals surface area contributed by atoms with Crippen LogP contribution < -0.4 is 20.9 Å². The lowest BCUT2D eigenvalue weighted by Crippen LogP contribution is -2.44. The van der Waals surface area contributed by atoms with Gasteiger partial charge in [-0.2, -0.15) is 0 Å². The van der Waals surface area contributed by atoms with Crippen molar-refractivity contribution in [1.82, 2.24) is 25.8 Å². The van der Waals surface area contributed by atoms with Gasteiger partial charge in [0.2, 0.25) is 11.8 Å². The summed E-state index contributed by atoms with van der Waals surface area (Å²) in [5.74, 6) is 0.244. The lowest BCUT2D eigenvalue weighted by atomic mass is 10.1. The molecule has 3 saturated heterocycles. The predicted molar refractivity (Wildman–Crippen MR) is 149 cm³/mol. The number of nitrogens with one attached hydrogen (secondary N) is 3. The molecule has 4 rings (SSSR count). The second-order valence-electron chi connectivity index (χ2n) is 10.6. The molecular formula is C27H41ClN6O4.